The van der Waals surface area contributed by atoms with Crippen LogP contribution in [0.15, 0.2) is 0 Å². The van der Waals surface area contributed by atoms with Crippen LogP contribution in [0.2, 0.25) is 0 Å². The molecule has 0 aromatic rings. The first-order valence-corrected chi connectivity index (χ1v) is 7.36. The van der Waals surface area contributed by atoms with Gasteiger partial charge in [0, 0.05) is 18.9 Å². The second-order valence-corrected chi connectivity index (χ2v) is 6.24. The van der Waals surface area contributed by atoms with Gasteiger partial charge in [0.25, 0.3) is 5.92 Å². The van der Waals surface area contributed by atoms with Crippen molar-refractivity contribution in [2.75, 3.05) is 27.1 Å². The van der Waals surface area contributed by atoms with Crippen molar-refractivity contribution < 1.29 is 40.6 Å². The average molecular weight is 350 g/mol. The van der Waals surface area contributed by atoms with Gasteiger partial charge < -0.3 is 14.2 Å². The van der Waals surface area contributed by atoms with E-state index >= 15 is 4.39 Å². The molecule has 2 aliphatic rings. The first-order chi connectivity index (χ1) is 10.5. The lowest BCUT2D eigenvalue weighted by Gasteiger charge is -2.48. The van der Waals surface area contributed by atoms with Gasteiger partial charge in [-0.25, -0.2) is 13.2 Å². The van der Waals surface area contributed by atoms with Crippen molar-refractivity contribution in [2.24, 2.45) is 11.8 Å². The third kappa shape index (κ3) is 2.64. The smallest absolute Gasteiger partial charge is 0.382 e. The Bertz CT molecular complexity index is 429. The summed E-state index contributed by atoms with van der Waals surface area (Å²) in [5.41, 5.74) is -7.44. The molecule has 2 aliphatic carbocycles. The molecule has 0 aromatic carbocycles. The van der Waals surface area contributed by atoms with Crippen LogP contribution in [0.4, 0.5) is 26.3 Å². The second-order valence-electron chi connectivity index (χ2n) is 6.24. The maximum absolute atomic E-state index is 15.2. The molecule has 0 spiro atoms. The van der Waals surface area contributed by atoms with E-state index in [2.05, 4.69) is 9.47 Å². The Balaban J connectivity index is 2.24. The van der Waals surface area contributed by atoms with E-state index in [1.807, 2.05) is 0 Å². The molecule has 0 aliphatic heterocycles. The predicted octanol–water partition coefficient (Wildman–Crippen LogP) is 3.72. The third-order valence-electron chi connectivity index (χ3n) is 5.09. The fraction of sp³-hybridized carbons (Fsp3) is 1.00. The van der Waals surface area contributed by atoms with Crippen LogP contribution in [0, 0.1) is 11.8 Å². The number of halogens is 6. The van der Waals surface area contributed by atoms with Crippen LogP contribution in [0.3, 0.4) is 0 Å². The highest BCUT2D eigenvalue weighted by atomic mass is 19.4. The van der Waals surface area contributed by atoms with Crippen LogP contribution < -0.4 is 0 Å². The molecule has 4 unspecified atom stereocenters. The lowest BCUT2D eigenvalue weighted by molar-refractivity contribution is -0.369. The average Bonchev–Trinajstić information content (AvgIpc) is 3.00. The highest BCUT2D eigenvalue weighted by Crippen LogP contribution is 2.67. The van der Waals surface area contributed by atoms with Crippen LogP contribution in [0.1, 0.15) is 26.2 Å². The Morgan fingerprint density at radius 3 is 2.13 bits per heavy atom. The summed E-state index contributed by atoms with van der Waals surface area (Å²) in [5.74, 6) is -6.85. The molecule has 0 heterocycles. The van der Waals surface area contributed by atoms with E-state index in [1.165, 1.54) is 7.11 Å². The van der Waals surface area contributed by atoms with Gasteiger partial charge in [0.1, 0.15) is 6.79 Å². The molecule has 9 heteroatoms. The quantitative estimate of drug-likeness (QED) is 0.398. The van der Waals surface area contributed by atoms with Crippen molar-refractivity contribution in [1.82, 2.24) is 0 Å². The van der Waals surface area contributed by atoms with Gasteiger partial charge in [-0.05, 0) is 26.2 Å². The molecule has 23 heavy (non-hydrogen) atoms. The zero-order chi connectivity index (χ0) is 17.5. The molecule has 0 aromatic heterocycles. The van der Waals surface area contributed by atoms with Crippen molar-refractivity contribution in [3.63, 3.8) is 0 Å². The topological polar surface area (TPSA) is 27.7 Å². The number of rotatable bonds is 7. The Kier molecular flexibility index (Phi) is 4.96. The lowest BCUT2D eigenvalue weighted by Crippen LogP contribution is -2.70. The minimum Gasteiger partial charge on any atom is -0.382 e. The molecule has 2 saturated carbocycles. The number of methoxy groups -OCH3 is 1. The van der Waals surface area contributed by atoms with Crippen molar-refractivity contribution in [3.05, 3.63) is 0 Å². The molecule has 4 atom stereocenters. The molecule has 136 valence electrons. The monoisotopic (exact) mass is 350 g/mol. The van der Waals surface area contributed by atoms with Gasteiger partial charge in [0.05, 0.1) is 13.2 Å². The van der Waals surface area contributed by atoms with Crippen molar-refractivity contribution in [2.45, 2.75) is 49.6 Å². The van der Waals surface area contributed by atoms with Gasteiger partial charge in [-0.3, -0.25) is 0 Å². The molecule has 3 nitrogen and oxygen atoms in total. The normalized spacial score (nSPS) is 35.5. The molecular weight excluding hydrogens is 330 g/mol. The zero-order valence-electron chi connectivity index (χ0n) is 12.9. The summed E-state index contributed by atoms with van der Waals surface area (Å²) in [6.07, 6.45) is -5.54. The van der Waals surface area contributed by atoms with Crippen LogP contribution in [0.5, 0.6) is 0 Å². The van der Waals surface area contributed by atoms with Gasteiger partial charge in [0.2, 0.25) is 11.3 Å². The van der Waals surface area contributed by atoms with E-state index in [-0.39, 0.29) is 32.5 Å². The number of hydrogen-bond acceptors (Lipinski definition) is 3. The summed E-state index contributed by atoms with van der Waals surface area (Å²) in [7, 11) is 1.36. The molecule has 0 radical (unpaired) electrons. The van der Waals surface area contributed by atoms with E-state index in [1.54, 1.807) is 0 Å². The van der Waals surface area contributed by atoms with Gasteiger partial charge in [-0.2, -0.15) is 13.2 Å². The molecule has 2 fully saturated rings. The molecular formula is C14H20F6O3. The number of alkyl halides is 6. The van der Waals surface area contributed by atoms with Gasteiger partial charge in [0.15, 0.2) is 0 Å². The summed E-state index contributed by atoms with van der Waals surface area (Å²) in [6.45, 7) is -0.598. The van der Waals surface area contributed by atoms with E-state index in [0.717, 1.165) is 0 Å². The summed E-state index contributed by atoms with van der Waals surface area (Å²) in [5, 5.41) is 0. The van der Waals surface area contributed by atoms with Crippen molar-refractivity contribution in [3.8, 4) is 0 Å². The Hall–Kier alpha value is -0.540. The maximum atomic E-state index is 15.2. The summed E-state index contributed by atoms with van der Waals surface area (Å²) >= 11 is 0. The Morgan fingerprint density at radius 1 is 1.04 bits per heavy atom. The van der Waals surface area contributed by atoms with E-state index in [9.17, 15) is 22.0 Å². The lowest BCUT2D eigenvalue weighted by atomic mass is 9.71. The minimum atomic E-state index is -5.31. The number of hydrogen-bond donors (Lipinski definition) is 0. The first-order valence-electron chi connectivity index (χ1n) is 7.36. The molecule has 0 saturated heterocycles. The van der Waals surface area contributed by atoms with Crippen LogP contribution in [-0.4, -0.2) is 50.5 Å². The Morgan fingerprint density at radius 2 is 1.65 bits per heavy atom. The summed E-state index contributed by atoms with van der Waals surface area (Å²) in [6, 6.07) is 0. The van der Waals surface area contributed by atoms with E-state index in [4.69, 9.17) is 4.74 Å². The predicted molar refractivity (Wildman–Crippen MR) is 67.9 cm³/mol. The van der Waals surface area contributed by atoms with Crippen LogP contribution in [0.25, 0.3) is 0 Å². The molecule has 0 amide bonds. The SMILES string of the molecule is COCCOCOC(C)(C(F)(F)F)C1(F)C2CCC(C2)C1(F)F. The molecule has 2 rings (SSSR count). The van der Waals surface area contributed by atoms with Crippen molar-refractivity contribution >= 4 is 0 Å². The Labute approximate surface area is 130 Å². The summed E-state index contributed by atoms with van der Waals surface area (Å²) in [4.78, 5) is 0. The molecule has 2 bridgehead atoms. The van der Waals surface area contributed by atoms with Crippen molar-refractivity contribution in [1.29, 1.82) is 0 Å². The maximum Gasteiger partial charge on any atom is 0.420 e. The first kappa shape index (κ1) is 18.8. The molecule has 0 N–H and O–H groups in total. The number of fused-ring (bicyclic) bond motifs is 2. The fourth-order valence-corrected chi connectivity index (χ4v) is 3.70. The number of ether oxygens (including phenoxy) is 3. The highest BCUT2D eigenvalue weighted by Gasteiger charge is 2.83. The van der Waals surface area contributed by atoms with Crippen LogP contribution in [-0.2, 0) is 14.2 Å². The van der Waals surface area contributed by atoms with Gasteiger partial charge in [-0.15, -0.1) is 0 Å². The zero-order valence-corrected chi connectivity index (χ0v) is 12.9. The highest BCUT2D eigenvalue weighted by molar-refractivity contribution is 5.22. The third-order valence-corrected chi connectivity index (χ3v) is 5.09. The fourth-order valence-electron chi connectivity index (χ4n) is 3.70. The van der Waals surface area contributed by atoms with E-state index in [0.29, 0.717) is 6.92 Å². The second kappa shape index (κ2) is 6.07. The van der Waals surface area contributed by atoms with Gasteiger partial charge >= 0.3 is 6.18 Å². The minimum absolute atomic E-state index is 0.00365. The van der Waals surface area contributed by atoms with Crippen LogP contribution >= 0.6 is 0 Å². The van der Waals surface area contributed by atoms with E-state index < -0.39 is 42.0 Å². The standard InChI is InChI=1S/C14H20F6O3/c1-11(14(18,19)20,23-8-22-6-5-21-2)12(15)9-3-4-10(7-9)13(12,16)17/h9-10H,3-8H2,1-2H3. The largest absolute Gasteiger partial charge is 0.420 e. The summed E-state index contributed by atoms with van der Waals surface area (Å²) < 4.78 is 98.2. The van der Waals surface area contributed by atoms with Gasteiger partial charge in [-0.1, -0.05) is 0 Å².